The SMILES string of the molecule is Cc1cc(-c2cc(-n3c4cc(-c5ccccc5)ccc4c4ccc(-c5ccccc5)cc43)c(C#N)c(-n3c4cc(-c5ccccc5)ccc4c4cc(-c5ccc6c(c5)c5cc(-c7ccccc7)ccc5n6-c5cc(-c6cc(-c7ccccc7)nc(-c7ccccc7)c6)cc(-n6c7ccccc7c7cc(-c8ccccc8)ccc76)c5C#N)c(-c5ccccc5)cc43)c2)cc(C)n1. The maximum Gasteiger partial charge on any atom is 0.104 e. The highest BCUT2D eigenvalue weighted by molar-refractivity contribution is 6.18. The van der Waals surface area contributed by atoms with E-state index in [9.17, 15) is 10.5 Å². The lowest BCUT2D eigenvalue weighted by Gasteiger charge is -2.20. The molecular formula is C122H78N8. The lowest BCUT2D eigenvalue weighted by Crippen LogP contribution is -2.06. The summed E-state index contributed by atoms with van der Waals surface area (Å²) >= 11 is 0. The van der Waals surface area contributed by atoms with E-state index < -0.39 is 0 Å². The van der Waals surface area contributed by atoms with E-state index in [4.69, 9.17) is 9.97 Å². The van der Waals surface area contributed by atoms with Crippen LogP contribution in [0.25, 0.3) is 233 Å². The zero-order chi connectivity index (χ0) is 86.6. The molecule has 0 aliphatic heterocycles. The molecule has 0 atom stereocenters. The van der Waals surface area contributed by atoms with Gasteiger partial charge >= 0.3 is 0 Å². The Kier molecular flexibility index (Phi) is 18.3. The lowest BCUT2D eigenvalue weighted by molar-refractivity contribution is 1.11. The van der Waals surface area contributed by atoms with Crippen LogP contribution in [0.1, 0.15) is 22.5 Å². The molecule has 8 nitrogen and oxygen atoms in total. The van der Waals surface area contributed by atoms with Gasteiger partial charge in [-0.1, -0.05) is 315 Å². The molecule has 0 spiro atoms. The summed E-state index contributed by atoms with van der Waals surface area (Å²) in [6.07, 6.45) is 0. The molecule has 0 aliphatic carbocycles. The highest BCUT2D eigenvalue weighted by atomic mass is 15.0. The van der Waals surface area contributed by atoms with Gasteiger partial charge in [0.05, 0.1) is 78.3 Å². The molecule has 0 saturated carbocycles. The van der Waals surface area contributed by atoms with Crippen molar-refractivity contribution in [3.63, 3.8) is 0 Å². The number of hydrogen-bond donors (Lipinski definition) is 0. The number of rotatable bonds is 15. The first-order valence-electron chi connectivity index (χ1n) is 44.1. The van der Waals surface area contributed by atoms with Crippen LogP contribution < -0.4 is 0 Å². The van der Waals surface area contributed by atoms with Crippen LogP contribution in [0.3, 0.4) is 0 Å². The number of para-hydroxylation sites is 1. The third-order valence-corrected chi connectivity index (χ3v) is 26.1. The Balaban J connectivity index is 0.782. The van der Waals surface area contributed by atoms with Gasteiger partial charge in [0.2, 0.25) is 0 Å². The Hall–Kier alpha value is -17.6. The second kappa shape index (κ2) is 31.3. The average molecular weight is 1660 g/mol. The summed E-state index contributed by atoms with van der Waals surface area (Å²) in [6.45, 7) is 4.12. The number of pyridine rings is 2. The van der Waals surface area contributed by atoms with Crippen molar-refractivity contribution in [2.45, 2.75) is 13.8 Å². The highest BCUT2D eigenvalue weighted by Gasteiger charge is 2.29. The second-order valence-electron chi connectivity index (χ2n) is 33.9. The molecule has 0 N–H and O–H groups in total. The molecule has 0 bridgehead atoms. The quantitative estimate of drug-likeness (QED) is 0.102. The van der Waals surface area contributed by atoms with Gasteiger partial charge in [0.25, 0.3) is 0 Å². The molecule has 0 aliphatic rings. The minimum Gasteiger partial charge on any atom is -0.308 e. The number of nitrogens with zero attached hydrogens (tertiary/aromatic N) is 8. The molecular weight excluding hydrogens is 1580 g/mol. The largest absolute Gasteiger partial charge is 0.308 e. The summed E-state index contributed by atoms with van der Waals surface area (Å²) in [5.41, 5.74) is 35.6. The Bertz CT molecular complexity index is 8600. The molecule has 18 aromatic carbocycles. The predicted octanol–water partition coefficient (Wildman–Crippen LogP) is 31.6. The molecule has 0 fully saturated rings. The van der Waals surface area contributed by atoms with Crippen LogP contribution in [-0.4, -0.2) is 28.2 Å². The average Bonchev–Trinajstić information content (AvgIpc) is 1.56. The summed E-state index contributed by atoms with van der Waals surface area (Å²) in [5.74, 6) is 0. The van der Waals surface area contributed by atoms with Crippen LogP contribution in [0.5, 0.6) is 0 Å². The smallest absolute Gasteiger partial charge is 0.104 e. The van der Waals surface area contributed by atoms with Gasteiger partial charge in [-0.3, -0.25) is 4.98 Å². The van der Waals surface area contributed by atoms with Crippen LogP contribution >= 0.6 is 0 Å². The third kappa shape index (κ3) is 13.0. The van der Waals surface area contributed by atoms with Gasteiger partial charge in [-0.05, 0) is 235 Å². The lowest BCUT2D eigenvalue weighted by atomic mass is 9.91. The molecule has 6 aromatic heterocycles. The minimum atomic E-state index is 0.505. The predicted molar refractivity (Wildman–Crippen MR) is 538 cm³/mol. The topological polar surface area (TPSA) is 93.1 Å². The van der Waals surface area contributed by atoms with E-state index >= 15 is 0 Å². The van der Waals surface area contributed by atoms with Gasteiger partial charge in [-0.25, -0.2) is 4.98 Å². The molecule has 0 radical (unpaired) electrons. The van der Waals surface area contributed by atoms with E-state index in [1.54, 1.807) is 0 Å². The Morgan fingerprint density at radius 2 is 0.438 bits per heavy atom. The van der Waals surface area contributed by atoms with Crippen molar-refractivity contribution in [1.82, 2.24) is 28.2 Å². The Morgan fingerprint density at radius 3 is 0.831 bits per heavy atom. The molecule has 0 unspecified atom stereocenters. The third-order valence-electron chi connectivity index (χ3n) is 26.1. The fraction of sp³-hybridized carbons (Fsp3) is 0.0164. The zero-order valence-electron chi connectivity index (χ0n) is 71.1. The summed E-state index contributed by atoms with van der Waals surface area (Å²) in [5, 5.41) is 33.7. The Morgan fingerprint density at radius 1 is 0.177 bits per heavy atom. The van der Waals surface area contributed by atoms with E-state index in [0.29, 0.717) is 11.1 Å². The van der Waals surface area contributed by atoms with E-state index in [1.807, 2.05) is 12.1 Å². The maximum atomic E-state index is 12.7. The summed E-state index contributed by atoms with van der Waals surface area (Å²) < 4.78 is 9.40. The first-order valence-corrected chi connectivity index (χ1v) is 44.1. The molecule has 24 rings (SSSR count). The van der Waals surface area contributed by atoms with Crippen molar-refractivity contribution in [3.05, 3.63) is 459 Å². The summed E-state index contributed by atoms with van der Waals surface area (Å²) in [6, 6.07) is 162. The van der Waals surface area contributed by atoms with Crippen LogP contribution in [0.15, 0.2) is 437 Å². The molecule has 6 heterocycles. The monoisotopic (exact) mass is 1650 g/mol. The highest BCUT2D eigenvalue weighted by Crippen LogP contribution is 2.50. The van der Waals surface area contributed by atoms with Gasteiger partial charge < -0.3 is 18.3 Å². The Labute approximate surface area is 751 Å². The standard InChI is InChI=1S/C122H78N8/c1-77-59-93(60-78(2)125-77)95-69-120(129-115-66-89(81-33-15-5-16-34-81)47-53-98(115)99-54-48-90(67-116(99)129)82-35-17-6-18-36-82)108(76-124)121(70-95)130-117-68-91(83-37-19-7-20-38-83)49-55-100(117)106-73-101(102(74-122(106)130)84-39-21-8-22-40-84)92-52-58-114-105(63-92)104-62-88(80-31-13-4-14-32-80)51-57-113(104)128(114)119-72-96(94-64-109(85-41-23-9-24-42-85)126-110(65-94)86-43-25-10-26-44-86)71-118(107(119)75-123)127-111-46-28-27-45-97(111)103-61-87(50-56-112(103)127)79-29-11-3-12-30-79/h3-74H,1-2H3. The first-order chi connectivity index (χ1) is 64.2. The molecule has 0 saturated heterocycles. The van der Waals surface area contributed by atoms with Gasteiger partial charge in [-0.2, -0.15) is 10.5 Å². The molecule has 24 aromatic rings. The fourth-order valence-electron chi connectivity index (χ4n) is 20.1. The van der Waals surface area contributed by atoms with Crippen molar-refractivity contribution < 1.29 is 0 Å². The zero-order valence-corrected chi connectivity index (χ0v) is 71.1. The van der Waals surface area contributed by atoms with Crippen LogP contribution in [0.2, 0.25) is 0 Å². The van der Waals surface area contributed by atoms with E-state index in [-0.39, 0.29) is 0 Å². The van der Waals surface area contributed by atoms with E-state index in [1.165, 1.54) is 0 Å². The number of hydrogen-bond acceptors (Lipinski definition) is 4. The number of fused-ring (bicyclic) bond motifs is 12. The van der Waals surface area contributed by atoms with Crippen LogP contribution in [0, 0.1) is 36.5 Å². The van der Waals surface area contributed by atoms with Gasteiger partial charge in [0.15, 0.2) is 0 Å². The van der Waals surface area contributed by atoms with E-state index in [0.717, 1.165) is 244 Å². The molecule has 8 heteroatoms. The number of nitriles is 2. The van der Waals surface area contributed by atoms with Crippen LogP contribution in [0.4, 0.5) is 0 Å². The van der Waals surface area contributed by atoms with Crippen molar-refractivity contribution in [2.24, 2.45) is 0 Å². The molecule has 130 heavy (non-hydrogen) atoms. The normalized spacial score (nSPS) is 11.6. The summed E-state index contributed by atoms with van der Waals surface area (Å²) in [4.78, 5) is 10.4. The number of aromatic nitrogens is 6. The van der Waals surface area contributed by atoms with Crippen LogP contribution in [-0.2, 0) is 0 Å². The van der Waals surface area contributed by atoms with Crippen molar-refractivity contribution in [3.8, 4) is 158 Å². The van der Waals surface area contributed by atoms with Gasteiger partial charge in [0, 0.05) is 65.6 Å². The van der Waals surface area contributed by atoms with Gasteiger partial charge in [-0.15, -0.1) is 0 Å². The fourth-order valence-corrected chi connectivity index (χ4v) is 20.1. The van der Waals surface area contributed by atoms with Crippen molar-refractivity contribution >= 4 is 87.2 Å². The van der Waals surface area contributed by atoms with Crippen molar-refractivity contribution in [2.75, 3.05) is 0 Å². The minimum absolute atomic E-state index is 0.505. The second-order valence-corrected chi connectivity index (χ2v) is 33.9. The molecule has 606 valence electrons. The molecule has 0 amide bonds. The number of benzene rings is 18. The summed E-state index contributed by atoms with van der Waals surface area (Å²) in [7, 11) is 0. The van der Waals surface area contributed by atoms with Crippen molar-refractivity contribution in [1.29, 1.82) is 10.5 Å². The van der Waals surface area contributed by atoms with Gasteiger partial charge in [0.1, 0.15) is 23.3 Å². The van der Waals surface area contributed by atoms with E-state index in [2.05, 4.69) is 469 Å². The first kappa shape index (κ1) is 76.1. The maximum absolute atomic E-state index is 12.7. The number of aryl methyl sites for hydroxylation is 2.